The minimum Gasteiger partial charge on any atom is -0.420 e. The maximum absolute atomic E-state index is 13.1. The van der Waals surface area contributed by atoms with Crippen LogP contribution >= 0.6 is 0 Å². The molecule has 2 aromatic carbocycles. The average Bonchev–Trinajstić information content (AvgIpc) is 3.20. The summed E-state index contributed by atoms with van der Waals surface area (Å²) in [5.41, 5.74) is 3.74. The average molecular weight is 379 g/mol. The lowest BCUT2D eigenvalue weighted by Crippen LogP contribution is -2.38. The smallest absolute Gasteiger partial charge is 0.253 e. The predicted molar refractivity (Wildman–Crippen MR) is 103 cm³/mol. The molecule has 2 heterocycles. The molecule has 0 radical (unpaired) electrons. The Balaban J connectivity index is 1.41. The van der Waals surface area contributed by atoms with E-state index in [0.717, 1.165) is 24.0 Å². The molecule has 0 N–H and O–H groups in total. The Morgan fingerprint density at radius 2 is 1.75 bits per heavy atom. The summed E-state index contributed by atoms with van der Waals surface area (Å²) in [6.45, 7) is 5.38. The summed E-state index contributed by atoms with van der Waals surface area (Å²) >= 11 is 0. The fraction of sp³-hybridized carbons (Fsp3) is 0.318. The highest BCUT2D eigenvalue weighted by Gasteiger charge is 2.28. The van der Waals surface area contributed by atoms with Gasteiger partial charge in [0.2, 0.25) is 11.8 Å². The number of hydrogen-bond donors (Lipinski definition) is 0. The van der Waals surface area contributed by atoms with Crippen LogP contribution in [0.25, 0.3) is 11.5 Å². The molecule has 1 amide bonds. The minimum atomic E-state index is -0.302. The maximum atomic E-state index is 13.1. The van der Waals surface area contributed by atoms with Gasteiger partial charge in [-0.25, -0.2) is 4.39 Å². The molecular formula is C22H22FN3O2. The molecule has 0 saturated carbocycles. The van der Waals surface area contributed by atoms with Gasteiger partial charge in [-0.3, -0.25) is 4.79 Å². The Labute approximate surface area is 163 Å². The lowest BCUT2D eigenvalue weighted by molar-refractivity contribution is 0.0706. The first-order valence-corrected chi connectivity index (χ1v) is 9.47. The van der Waals surface area contributed by atoms with Crippen molar-refractivity contribution in [2.75, 3.05) is 13.1 Å². The molecule has 28 heavy (non-hydrogen) atoms. The zero-order chi connectivity index (χ0) is 19.7. The highest BCUT2D eigenvalue weighted by atomic mass is 19.1. The lowest BCUT2D eigenvalue weighted by Gasteiger charge is -2.30. The number of aryl methyl sites for hydroxylation is 2. The molecule has 0 unspecified atom stereocenters. The van der Waals surface area contributed by atoms with Gasteiger partial charge in [-0.2, -0.15) is 0 Å². The summed E-state index contributed by atoms with van der Waals surface area (Å²) in [7, 11) is 0. The molecule has 1 saturated heterocycles. The highest BCUT2D eigenvalue weighted by molar-refractivity contribution is 5.94. The number of likely N-dealkylation sites (tertiary alicyclic amines) is 1. The molecule has 1 aliphatic heterocycles. The number of benzene rings is 2. The van der Waals surface area contributed by atoms with Crippen LogP contribution in [-0.4, -0.2) is 34.1 Å². The molecule has 1 aromatic heterocycles. The summed E-state index contributed by atoms with van der Waals surface area (Å²) in [6, 6.07) is 11.8. The molecule has 3 aromatic rings. The van der Waals surface area contributed by atoms with Gasteiger partial charge in [-0.1, -0.05) is 6.07 Å². The molecule has 1 aliphatic rings. The maximum Gasteiger partial charge on any atom is 0.253 e. The van der Waals surface area contributed by atoms with Crippen LogP contribution in [0.15, 0.2) is 46.9 Å². The van der Waals surface area contributed by atoms with E-state index in [1.54, 1.807) is 12.1 Å². The van der Waals surface area contributed by atoms with Crippen LogP contribution in [0.5, 0.6) is 0 Å². The van der Waals surface area contributed by atoms with Crippen LogP contribution < -0.4 is 0 Å². The Kier molecular flexibility index (Phi) is 4.94. The molecule has 0 atom stereocenters. The summed E-state index contributed by atoms with van der Waals surface area (Å²) in [5, 5.41) is 8.27. The van der Waals surface area contributed by atoms with Crippen molar-refractivity contribution in [2.45, 2.75) is 32.6 Å². The van der Waals surface area contributed by atoms with Crippen LogP contribution in [0.2, 0.25) is 0 Å². The van der Waals surface area contributed by atoms with Crippen molar-refractivity contribution >= 4 is 5.91 Å². The Morgan fingerprint density at radius 3 is 2.43 bits per heavy atom. The molecule has 6 heteroatoms. The van der Waals surface area contributed by atoms with Gasteiger partial charge in [-0.05, 0) is 74.2 Å². The number of piperidine rings is 1. The number of nitrogens with zero attached hydrogens (tertiary/aromatic N) is 3. The zero-order valence-electron chi connectivity index (χ0n) is 16.0. The van der Waals surface area contributed by atoms with Crippen molar-refractivity contribution in [1.29, 1.82) is 0 Å². The third-order valence-corrected chi connectivity index (χ3v) is 5.42. The second-order valence-corrected chi connectivity index (χ2v) is 7.32. The van der Waals surface area contributed by atoms with Crippen LogP contribution in [0, 0.1) is 19.7 Å². The molecule has 144 valence electrons. The zero-order valence-corrected chi connectivity index (χ0v) is 16.0. The third-order valence-electron chi connectivity index (χ3n) is 5.42. The number of amides is 1. The van der Waals surface area contributed by atoms with Crippen LogP contribution in [0.4, 0.5) is 4.39 Å². The molecule has 1 fully saturated rings. The number of aromatic nitrogens is 2. The van der Waals surface area contributed by atoms with Crippen molar-refractivity contribution in [3.8, 4) is 11.5 Å². The van der Waals surface area contributed by atoms with E-state index in [0.29, 0.717) is 30.4 Å². The number of rotatable bonds is 3. The lowest BCUT2D eigenvalue weighted by atomic mass is 9.96. The van der Waals surface area contributed by atoms with Crippen molar-refractivity contribution < 1.29 is 13.6 Å². The van der Waals surface area contributed by atoms with E-state index < -0.39 is 0 Å². The number of carbonyl (C=O) groups is 1. The van der Waals surface area contributed by atoms with E-state index in [-0.39, 0.29) is 17.6 Å². The monoisotopic (exact) mass is 379 g/mol. The van der Waals surface area contributed by atoms with Crippen molar-refractivity contribution in [1.82, 2.24) is 15.1 Å². The second-order valence-electron chi connectivity index (χ2n) is 7.32. The number of halogens is 1. The van der Waals surface area contributed by atoms with Gasteiger partial charge in [0, 0.05) is 30.1 Å². The van der Waals surface area contributed by atoms with E-state index >= 15 is 0 Å². The van der Waals surface area contributed by atoms with Gasteiger partial charge < -0.3 is 9.32 Å². The first kappa shape index (κ1) is 18.3. The van der Waals surface area contributed by atoms with Gasteiger partial charge in [0.05, 0.1) is 0 Å². The Bertz CT molecular complexity index is 989. The summed E-state index contributed by atoms with van der Waals surface area (Å²) in [5.74, 6) is 0.870. The standard InChI is InChI=1S/C22H22FN3O2/c1-14-3-4-18(13-15(14)2)22(27)26-11-9-17(10-12-26)21-25-24-20(28-21)16-5-7-19(23)8-6-16/h3-8,13,17H,9-12H2,1-2H3. The summed E-state index contributed by atoms with van der Waals surface area (Å²) in [6.07, 6.45) is 1.56. The summed E-state index contributed by atoms with van der Waals surface area (Å²) in [4.78, 5) is 14.7. The quantitative estimate of drug-likeness (QED) is 0.672. The van der Waals surface area contributed by atoms with Gasteiger partial charge >= 0.3 is 0 Å². The Hall–Kier alpha value is -3.02. The predicted octanol–water partition coefficient (Wildman–Crippen LogP) is 4.51. The molecule has 0 aliphatic carbocycles. The second kappa shape index (κ2) is 7.54. The fourth-order valence-corrected chi connectivity index (χ4v) is 3.50. The molecule has 4 rings (SSSR count). The summed E-state index contributed by atoms with van der Waals surface area (Å²) < 4.78 is 18.9. The van der Waals surface area contributed by atoms with E-state index in [1.165, 1.54) is 17.7 Å². The van der Waals surface area contributed by atoms with E-state index in [2.05, 4.69) is 10.2 Å². The van der Waals surface area contributed by atoms with E-state index in [9.17, 15) is 9.18 Å². The van der Waals surface area contributed by atoms with Crippen LogP contribution in [0.3, 0.4) is 0 Å². The first-order chi connectivity index (χ1) is 13.5. The van der Waals surface area contributed by atoms with Gasteiger partial charge in [0.25, 0.3) is 5.91 Å². The van der Waals surface area contributed by atoms with Crippen molar-refractivity contribution in [3.05, 3.63) is 70.9 Å². The largest absolute Gasteiger partial charge is 0.420 e. The van der Waals surface area contributed by atoms with Gasteiger partial charge in [0.15, 0.2) is 0 Å². The van der Waals surface area contributed by atoms with Crippen molar-refractivity contribution in [3.63, 3.8) is 0 Å². The Morgan fingerprint density at radius 1 is 1.04 bits per heavy atom. The third kappa shape index (κ3) is 3.67. The first-order valence-electron chi connectivity index (χ1n) is 9.47. The normalized spacial score (nSPS) is 15.0. The SMILES string of the molecule is Cc1ccc(C(=O)N2CCC(c3nnc(-c4ccc(F)cc4)o3)CC2)cc1C. The highest BCUT2D eigenvalue weighted by Crippen LogP contribution is 2.30. The fourth-order valence-electron chi connectivity index (χ4n) is 3.50. The topological polar surface area (TPSA) is 59.2 Å². The molecular weight excluding hydrogens is 357 g/mol. The minimum absolute atomic E-state index is 0.0686. The van der Waals surface area contributed by atoms with Crippen LogP contribution in [-0.2, 0) is 0 Å². The number of carbonyl (C=O) groups excluding carboxylic acids is 1. The van der Waals surface area contributed by atoms with Gasteiger partial charge in [0.1, 0.15) is 5.82 Å². The van der Waals surface area contributed by atoms with Gasteiger partial charge in [-0.15, -0.1) is 10.2 Å². The van der Waals surface area contributed by atoms with E-state index in [1.807, 2.05) is 36.9 Å². The van der Waals surface area contributed by atoms with Crippen molar-refractivity contribution in [2.24, 2.45) is 0 Å². The van der Waals surface area contributed by atoms with Crippen LogP contribution in [0.1, 0.15) is 46.1 Å². The number of hydrogen-bond acceptors (Lipinski definition) is 4. The van der Waals surface area contributed by atoms with E-state index in [4.69, 9.17) is 4.42 Å². The molecule has 0 bridgehead atoms. The molecule has 0 spiro atoms. The molecule has 5 nitrogen and oxygen atoms in total.